The number of aromatic nitrogens is 3. The van der Waals surface area contributed by atoms with Crippen molar-refractivity contribution in [2.45, 2.75) is 58.9 Å². The first-order valence-corrected chi connectivity index (χ1v) is 7.48. The Morgan fingerprint density at radius 2 is 1.95 bits per heavy atom. The Morgan fingerprint density at radius 3 is 2.48 bits per heavy atom. The van der Waals surface area contributed by atoms with E-state index in [2.05, 4.69) is 15.6 Å². The van der Waals surface area contributed by atoms with Crippen LogP contribution in [0, 0.1) is 0 Å². The number of carboxylic acids is 1. The Morgan fingerprint density at radius 1 is 1.29 bits per heavy atom. The molecule has 21 heavy (non-hydrogen) atoms. The van der Waals surface area contributed by atoms with Gasteiger partial charge in [0.15, 0.2) is 5.69 Å². The molecule has 0 radical (unpaired) electrons. The summed E-state index contributed by atoms with van der Waals surface area (Å²) in [6.07, 6.45) is 3.48. The summed E-state index contributed by atoms with van der Waals surface area (Å²) in [4.78, 5) is 23.1. The van der Waals surface area contributed by atoms with Gasteiger partial charge in [-0.25, -0.2) is 9.48 Å². The van der Waals surface area contributed by atoms with E-state index in [0.29, 0.717) is 12.2 Å². The maximum atomic E-state index is 11.9. The molecule has 1 heterocycles. The van der Waals surface area contributed by atoms with Crippen molar-refractivity contribution in [3.8, 4) is 0 Å². The van der Waals surface area contributed by atoms with Crippen LogP contribution in [-0.4, -0.2) is 38.5 Å². The fourth-order valence-corrected chi connectivity index (χ4v) is 2.27. The van der Waals surface area contributed by atoms with Gasteiger partial charge >= 0.3 is 5.97 Å². The monoisotopic (exact) mass is 296 g/mol. The topological polar surface area (TPSA) is 97.1 Å². The van der Waals surface area contributed by atoms with Gasteiger partial charge in [0.05, 0.1) is 5.69 Å². The first-order valence-electron chi connectivity index (χ1n) is 7.48. The van der Waals surface area contributed by atoms with Gasteiger partial charge in [-0.3, -0.25) is 4.79 Å². The zero-order valence-corrected chi connectivity index (χ0v) is 12.9. The van der Waals surface area contributed by atoms with Gasteiger partial charge in [0.25, 0.3) is 0 Å². The average molecular weight is 296 g/mol. The van der Waals surface area contributed by atoms with Gasteiger partial charge in [0.1, 0.15) is 6.54 Å². The van der Waals surface area contributed by atoms with E-state index in [9.17, 15) is 14.7 Å². The van der Waals surface area contributed by atoms with Crippen LogP contribution in [0.1, 0.15) is 68.6 Å². The summed E-state index contributed by atoms with van der Waals surface area (Å²) in [5.74, 6) is -1.23. The summed E-state index contributed by atoms with van der Waals surface area (Å²) in [7, 11) is 0. The summed E-state index contributed by atoms with van der Waals surface area (Å²) in [5.41, 5.74) is 0.489. The van der Waals surface area contributed by atoms with Crippen LogP contribution in [-0.2, 0) is 11.3 Å². The summed E-state index contributed by atoms with van der Waals surface area (Å²) >= 11 is 0. The highest BCUT2D eigenvalue weighted by Gasteiger charge is 2.25. The zero-order chi connectivity index (χ0) is 15.8. The van der Waals surface area contributed by atoms with Gasteiger partial charge in [-0.15, -0.1) is 5.10 Å². The lowest BCUT2D eigenvalue weighted by Gasteiger charge is -2.15. The molecule has 7 nitrogen and oxygen atoms in total. The van der Waals surface area contributed by atoms with Crippen LogP contribution in [0.5, 0.6) is 0 Å². The molecule has 1 amide bonds. The van der Waals surface area contributed by atoms with E-state index in [1.165, 1.54) is 4.68 Å². The van der Waals surface area contributed by atoms with Gasteiger partial charge in [-0.2, -0.15) is 0 Å². The molecule has 0 aliphatic heterocycles. The predicted octanol–water partition coefficient (Wildman–Crippen LogP) is 1.80. The molecule has 0 spiro atoms. The maximum absolute atomic E-state index is 11.9. The Bertz CT molecular complexity index is 481. The Kier molecular flexibility index (Phi) is 6.84. The van der Waals surface area contributed by atoms with Crippen LogP contribution >= 0.6 is 0 Å². The molecule has 7 heteroatoms. The van der Waals surface area contributed by atoms with E-state index >= 15 is 0 Å². The molecule has 0 aromatic carbocycles. The number of amides is 1. The number of carbonyl (C=O) groups is 2. The van der Waals surface area contributed by atoms with Crippen LogP contribution < -0.4 is 5.32 Å². The van der Waals surface area contributed by atoms with Crippen molar-refractivity contribution >= 4 is 11.9 Å². The maximum Gasteiger partial charge on any atom is 0.358 e. The number of nitrogens with one attached hydrogen (secondary N) is 1. The Balaban J connectivity index is 2.91. The predicted molar refractivity (Wildman–Crippen MR) is 78.2 cm³/mol. The van der Waals surface area contributed by atoms with E-state index in [0.717, 1.165) is 25.7 Å². The van der Waals surface area contributed by atoms with Crippen LogP contribution in [0.3, 0.4) is 0 Å². The van der Waals surface area contributed by atoms with Crippen LogP contribution in [0.15, 0.2) is 0 Å². The largest absolute Gasteiger partial charge is 0.476 e. The molecule has 0 aliphatic rings. The van der Waals surface area contributed by atoms with Crippen molar-refractivity contribution in [2.24, 2.45) is 0 Å². The highest BCUT2D eigenvalue weighted by atomic mass is 16.4. The van der Waals surface area contributed by atoms with Crippen LogP contribution in [0.25, 0.3) is 0 Å². The SMILES string of the molecule is CCCCNC(=O)Cn1nnc(C(=O)O)c1C(CC)CC. The van der Waals surface area contributed by atoms with E-state index < -0.39 is 5.97 Å². The molecule has 0 atom stereocenters. The molecule has 0 unspecified atom stereocenters. The van der Waals surface area contributed by atoms with E-state index in [-0.39, 0.29) is 24.1 Å². The second-order valence-electron chi connectivity index (χ2n) is 5.00. The Labute approximate surface area is 124 Å². The second-order valence-corrected chi connectivity index (χ2v) is 5.00. The van der Waals surface area contributed by atoms with E-state index in [1.54, 1.807) is 0 Å². The van der Waals surface area contributed by atoms with Crippen molar-refractivity contribution in [1.82, 2.24) is 20.3 Å². The standard InChI is InChI=1S/C14H24N4O3/c1-4-7-8-15-11(19)9-18-13(10(5-2)6-3)12(14(20)21)16-17-18/h10H,4-9H2,1-3H3,(H,15,19)(H,20,21). The number of rotatable bonds is 9. The van der Waals surface area contributed by atoms with Crippen molar-refractivity contribution in [2.75, 3.05) is 6.54 Å². The molecule has 0 aliphatic carbocycles. The number of hydrogen-bond acceptors (Lipinski definition) is 4. The smallest absolute Gasteiger partial charge is 0.358 e. The third-order valence-electron chi connectivity index (χ3n) is 3.49. The highest BCUT2D eigenvalue weighted by Crippen LogP contribution is 2.25. The number of aromatic carboxylic acids is 1. The molecule has 0 saturated carbocycles. The Hall–Kier alpha value is -1.92. The fourth-order valence-electron chi connectivity index (χ4n) is 2.27. The molecule has 0 saturated heterocycles. The lowest BCUT2D eigenvalue weighted by molar-refractivity contribution is -0.121. The average Bonchev–Trinajstić information content (AvgIpc) is 2.85. The molecular weight excluding hydrogens is 272 g/mol. The zero-order valence-electron chi connectivity index (χ0n) is 12.9. The molecule has 0 fully saturated rings. The molecule has 1 aromatic heterocycles. The lowest BCUT2D eigenvalue weighted by Crippen LogP contribution is -2.30. The summed E-state index contributed by atoms with van der Waals surface area (Å²) < 4.78 is 1.42. The number of hydrogen-bond donors (Lipinski definition) is 2. The summed E-state index contributed by atoms with van der Waals surface area (Å²) in [6.45, 7) is 6.65. The van der Waals surface area contributed by atoms with E-state index in [1.807, 2.05) is 20.8 Å². The number of unbranched alkanes of at least 4 members (excludes halogenated alkanes) is 1. The molecule has 118 valence electrons. The second kappa shape index (κ2) is 8.39. The molecular formula is C14H24N4O3. The molecule has 0 bridgehead atoms. The van der Waals surface area contributed by atoms with Gasteiger partial charge in [-0.1, -0.05) is 32.4 Å². The van der Waals surface area contributed by atoms with Crippen molar-refractivity contribution in [3.63, 3.8) is 0 Å². The summed E-state index contributed by atoms with van der Waals surface area (Å²) in [5, 5.41) is 19.6. The van der Waals surface area contributed by atoms with Crippen LogP contribution in [0.4, 0.5) is 0 Å². The van der Waals surface area contributed by atoms with Crippen LogP contribution in [0.2, 0.25) is 0 Å². The van der Waals surface area contributed by atoms with Gasteiger partial charge < -0.3 is 10.4 Å². The fraction of sp³-hybridized carbons (Fsp3) is 0.714. The minimum Gasteiger partial charge on any atom is -0.476 e. The van der Waals surface area contributed by atoms with Crippen molar-refractivity contribution in [1.29, 1.82) is 0 Å². The summed E-state index contributed by atoms with van der Waals surface area (Å²) in [6, 6.07) is 0. The third-order valence-corrected chi connectivity index (χ3v) is 3.49. The minimum absolute atomic E-state index is 0.00975. The molecule has 1 rings (SSSR count). The first-order chi connectivity index (χ1) is 10.0. The lowest BCUT2D eigenvalue weighted by atomic mass is 9.97. The first kappa shape index (κ1) is 17.1. The number of nitrogens with zero attached hydrogens (tertiary/aromatic N) is 3. The quantitative estimate of drug-likeness (QED) is 0.677. The van der Waals surface area contributed by atoms with E-state index in [4.69, 9.17) is 0 Å². The van der Waals surface area contributed by atoms with Gasteiger partial charge in [0, 0.05) is 12.5 Å². The third kappa shape index (κ3) is 4.54. The number of carbonyl (C=O) groups excluding carboxylic acids is 1. The molecule has 1 aromatic rings. The molecule has 2 N–H and O–H groups in total. The number of carboxylic acid groups (broad SMARTS) is 1. The van der Waals surface area contributed by atoms with Gasteiger partial charge in [-0.05, 0) is 19.3 Å². The van der Waals surface area contributed by atoms with Gasteiger partial charge in [0.2, 0.25) is 5.91 Å². The minimum atomic E-state index is -1.10. The highest BCUT2D eigenvalue weighted by molar-refractivity contribution is 5.87. The van der Waals surface area contributed by atoms with Crippen molar-refractivity contribution in [3.05, 3.63) is 11.4 Å². The van der Waals surface area contributed by atoms with Crippen molar-refractivity contribution < 1.29 is 14.7 Å². The normalized spacial score (nSPS) is 10.9.